The van der Waals surface area contributed by atoms with Crippen molar-refractivity contribution in [3.05, 3.63) is 63.0 Å². The first-order valence-corrected chi connectivity index (χ1v) is 8.28. The summed E-state index contributed by atoms with van der Waals surface area (Å²) in [7, 11) is 0. The number of carbonyl (C=O) groups excluding carboxylic acids is 1. The molecule has 26 heavy (non-hydrogen) atoms. The Balaban J connectivity index is 1.74. The maximum absolute atomic E-state index is 12.5. The van der Waals surface area contributed by atoms with E-state index in [9.17, 15) is 13.6 Å². The minimum Gasteiger partial charge on any atom is -0.302 e. The lowest BCUT2D eigenvalue weighted by atomic mass is 10.2. The fraction of sp³-hybridized carbons (Fsp3) is 0.133. The summed E-state index contributed by atoms with van der Waals surface area (Å²) >= 11 is 18.0. The number of hydrogen-bond donors (Lipinski definition) is 1. The van der Waals surface area contributed by atoms with Crippen molar-refractivity contribution in [1.29, 1.82) is 0 Å². The van der Waals surface area contributed by atoms with E-state index in [2.05, 4.69) is 15.5 Å². The van der Waals surface area contributed by atoms with E-state index in [1.54, 1.807) is 18.2 Å². The fourth-order valence-electron chi connectivity index (χ4n) is 2.13. The lowest BCUT2D eigenvalue weighted by Gasteiger charge is -2.05. The molecule has 0 unspecified atom stereocenters. The molecule has 1 N–H and O–H groups in total. The molecule has 0 aliphatic heterocycles. The zero-order valence-corrected chi connectivity index (χ0v) is 15.1. The van der Waals surface area contributed by atoms with Gasteiger partial charge in [-0.25, -0.2) is 4.68 Å². The number of nitrogens with zero attached hydrogens (tertiary/aromatic N) is 4. The van der Waals surface area contributed by atoms with Gasteiger partial charge in [-0.2, -0.15) is 19.0 Å². The second-order valence-electron chi connectivity index (χ2n) is 5.17. The normalized spacial score (nSPS) is 11.2. The first kappa shape index (κ1) is 18.6. The molecule has 3 rings (SSSR count). The number of rotatable bonds is 5. The van der Waals surface area contributed by atoms with Crippen molar-refractivity contribution < 1.29 is 13.6 Å². The Morgan fingerprint density at radius 3 is 2.58 bits per heavy atom. The molecule has 11 heteroatoms. The highest BCUT2D eigenvalue weighted by Crippen LogP contribution is 2.24. The van der Waals surface area contributed by atoms with Gasteiger partial charge >= 0.3 is 6.55 Å². The van der Waals surface area contributed by atoms with Crippen LogP contribution in [0.4, 0.5) is 14.6 Å². The van der Waals surface area contributed by atoms with Crippen LogP contribution in [0.15, 0.2) is 36.7 Å². The summed E-state index contributed by atoms with van der Waals surface area (Å²) in [6, 6.07) is 6.21. The lowest BCUT2D eigenvalue weighted by Crippen LogP contribution is -2.14. The standard InChI is InChI=1S/C15H10Cl3F2N5O/c16-9-2-1-8(10(17)5-9)6-24-7-11(18)13(23-24)21-14(26)12-3-4-25(22-12)15(19)20/h1-5,7,15H,6H2,(H,21,23,26). The number of anilines is 1. The van der Waals surface area contributed by atoms with Gasteiger partial charge in [0.25, 0.3) is 5.91 Å². The zero-order valence-electron chi connectivity index (χ0n) is 12.8. The van der Waals surface area contributed by atoms with Crippen molar-refractivity contribution >= 4 is 46.5 Å². The van der Waals surface area contributed by atoms with Crippen molar-refractivity contribution in [2.24, 2.45) is 0 Å². The van der Waals surface area contributed by atoms with E-state index < -0.39 is 12.5 Å². The van der Waals surface area contributed by atoms with Gasteiger partial charge in [-0.15, -0.1) is 0 Å². The molecule has 3 aromatic rings. The summed E-state index contributed by atoms with van der Waals surface area (Å²) in [5.41, 5.74) is 0.570. The van der Waals surface area contributed by atoms with Gasteiger partial charge in [0.05, 0.1) is 6.54 Å². The second-order valence-corrected chi connectivity index (χ2v) is 6.42. The maximum Gasteiger partial charge on any atom is 0.333 e. The molecular formula is C15H10Cl3F2N5O. The largest absolute Gasteiger partial charge is 0.333 e. The van der Waals surface area contributed by atoms with Crippen LogP contribution in [0.2, 0.25) is 15.1 Å². The van der Waals surface area contributed by atoms with Crippen molar-refractivity contribution in [1.82, 2.24) is 19.6 Å². The fourth-order valence-corrected chi connectivity index (χ4v) is 2.79. The third kappa shape index (κ3) is 4.14. The summed E-state index contributed by atoms with van der Waals surface area (Å²) in [6.07, 6.45) is 2.50. The Bertz CT molecular complexity index is 957. The minimum atomic E-state index is -2.83. The van der Waals surface area contributed by atoms with Gasteiger partial charge in [0.15, 0.2) is 11.5 Å². The van der Waals surface area contributed by atoms with E-state index in [0.29, 0.717) is 21.3 Å². The van der Waals surface area contributed by atoms with E-state index in [1.165, 1.54) is 16.9 Å². The van der Waals surface area contributed by atoms with Gasteiger partial charge in [0.2, 0.25) is 0 Å². The predicted octanol–water partition coefficient (Wildman–Crippen LogP) is 4.74. The van der Waals surface area contributed by atoms with Crippen LogP contribution in [-0.2, 0) is 6.54 Å². The van der Waals surface area contributed by atoms with E-state index in [0.717, 1.165) is 11.8 Å². The average molecular weight is 421 g/mol. The van der Waals surface area contributed by atoms with E-state index in [4.69, 9.17) is 34.8 Å². The van der Waals surface area contributed by atoms with Gasteiger partial charge in [0, 0.05) is 22.4 Å². The smallest absolute Gasteiger partial charge is 0.302 e. The highest BCUT2D eigenvalue weighted by atomic mass is 35.5. The van der Waals surface area contributed by atoms with E-state index >= 15 is 0 Å². The van der Waals surface area contributed by atoms with Crippen LogP contribution in [0.3, 0.4) is 0 Å². The van der Waals surface area contributed by atoms with Crippen molar-refractivity contribution in [2.75, 3.05) is 5.32 Å². The number of amides is 1. The number of aromatic nitrogens is 4. The molecule has 0 saturated heterocycles. The molecule has 0 bridgehead atoms. The first-order chi connectivity index (χ1) is 12.3. The Hall–Kier alpha value is -2.16. The SMILES string of the molecule is O=C(Nc1nn(Cc2ccc(Cl)cc2Cl)cc1Cl)c1ccn(C(F)F)n1. The number of alkyl halides is 2. The van der Waals surface area contributed by atoms with Crippen LogP contribution < -0.4 is 5.32 Å². The lowest BCUT2D eigenvalue weighted by molar-refractivity contribution is 0.0561. The van der Waals surface area contributed by atoms with Crippen LogP contribution in [0.25, 0.3) is 0 Å². The molecule has 6 nitrogen and oxygen atoms in total. The van der Waals surface area contributed by atoms with Gasteiger partial charge in [0.1, 0.15) is 5.02 Å². The average Bonchev–Trinajstić information content (AvgIpc) is 3.18. The predicted molar refractivity (Wildman–Crippen MR) is 94.2 cm³/mol. The minimum absolute atomic E-state index is 0.0772. The molecule has 2 heterocycles. The Kier molecular flexibility index (Phi) is 5.45. The highest BCUT2D eigenvalue weighted by Gasteiger charge is 2.17. The Labute approximate surface area is 161 Å². The molecule has 0 atom stereocenters. The third-order valence-corrected chi connectivity index (χ3v) is 4.20. The van der Waals surface area contributed by atoms with Gasteiger partial charge in [-0.05, 0) is 23.8 Å². The molecule has 0 aliphatic rings. The molecule has 0 radical (unpaired) electrons. The van der Waals surface area contributed by atoms with Crippen LogP contribution in [0, 0.1) is 0 Å². The van der Waals surface area contributed by atoms with Crippen LogP contribution in [-0.4, -0.2) is 25.5 Å². The monoisotopic (exact) mass is 419 g/mol. The van der Waals surface area contributed by atoms with E-state index in [-0.39, 0.29) is 16.5 Å². The van der Waals surface area contributed by atoms with Crippen LogP contribution >= 0.6 is 34.8 Å². The molecule has 1 amide bonds. The summed E-state index contributed by atoms with van der Waals surface area (Å²) in [4.78, 5) is 12.1. The van der Waals surface area contributed by atoms with Gasteiger partial charge in [-0.3, -0.25) is 9.48 Å². The molecular weight excluding hydrogens is 411 g/mol. The van der Waals surface area contributed by atoms with Crippen LogP contribution in [0.5, 0.6) is 0 Å². The molecule has 1 aromatic carbocycles. The molecule has 2 aromatic heterocycles. The topological polar surface area (TPSA) is 64.7 Å². The van der Waals surface area contributed by atoms with Crippen molar-refractivity contribution in [2.45, 2.75) is 13.1 Å². The summed E-state index contributed by atoms with van der Waals surface area (Å²) < 4.78 is 26.9. The number of halogens is 5. The first-order valence-electron chi connectivity index (χ1n) is 7.15. The molecule has 136 valence electrons. The summed E-state index contributed by atoms with van der Waals surface area (Å²) in [5.74, 6) is -0.630. The van der Waals surface area contributed by atoms with Crippen molar-refractivity contribution in [3.63, 3.8) is 0 Å². The second kappa shape index (κ2) is 7.61. The molecule has 0 aliphatic carbocycles. The zero-order chi connectivity index (χ0) is 18.8. The molecule has 0 spiro atoms. The van der Waals surface area contributed by atoms with Crippen molar-refractivity contribution in [3.8, 4) is 0 Å². The Morgan fingerprint density at radius 1 is 1.15 bits per heavy atom. The third-order valence-electron chi connectivity index (χ3n) is 3.34. The van der Waals surface area contributed by atoms with Crippen LogP contribution in [0.1, 0.15) is 22.6 Å². The van der Waals surface area contributed by atoms with E-state index in [1.807, 2.05) is 0 Å². The Morgan fingerprint density at radius 2 is 1.92 bits per heavy atom. The highest BCUT2D eigenvalue weighted by molar-refractivity contribution is 6.35. The van der Waals surface area contributed by atoms with Gasteiger partial charge < -0.3 is 5.32 Å². The summed E-state index contributed by atoms with van der Waals surface area (Å²) in [5, 5.41) is 11.2. The molecule has 0 fully saturated rings. The number of hydrogen-bond acceptors (Lipinski definition) is 3. The number of benzene rings is 1. The molecule has 0 saturated carbocycles. The maximum atomic E-state index is 12.5. The summed E-state index contributed by atoms with van der Waals surface area (Å²) in [6.45, 7) is -2.53. The van der Waals surface area contributed by atoms with Gasteiger partial charge in [-0.1, -0.05) is 40.9 Å². The number of nitrogens with one attached hydrogen (secondary N) is 1. The quantitative estimate of drug-likeness (QED) is 0.649. The number of carbonyl (C=O) groups is 1.